The van der Waals surface area contributed by atoms with Crippen LogP contribution in [0.25, 0.3) is 0 Å². The van der Waals surface area contributed by atoms with Crippen molar-refractivity contribution in [3.05, 3.63) is 91.0 Å². The number of para-hydroxylation sites is 3. The molecule has 2 amide bonds. The zero-order valence-electron chi connectivity index (χ0n) is 41.6. The van der Waals surface area contributed by atoms with Gasteiger partial charge in [-0.05, 0) is 97.7 Å². The highest BCUT2D eigenvalue weighted by Gasteiger charge is 2.32. The van der Waals surface area contributed by atoms with Gasteiger partial charge in [0.2, 0.25) is 10.7 Å². The summed E-state index contributed by atoms with van der Waals surface area (Å²) in [6.45, 7) is 9.98. The Morgan fingerprint density at radius 2 is 1.74 bits per heavy atom. The van der Waals surface area contributed by atoms with Gasteiger partial charge in [0, 0.05) is 24.6 Å². The van der Waals surface area contributed by atoms with E-state index in [0.29, 0.717) is 52.6 Å². The smallest absolute Gasteiger partial charge is 0.325 e. The standard InChI is InChI=1S/C15H15ClFN3O3S2.C14H20ClNO2.C11H11Cl2NO2.C3H8NO5P.C3H9S/c1-23-13(21)8-24-12-7-11(10(17)6-9(12)16)18-14-19-4-2-3-5-20(19)15(22)25-14;1-4-12-8-6-7-11(3)14(12)16(10-18-5-2)13(17)9-15;1-7-6-16-9-5-3-2-4-8(9)14(7)11(15)10(12)13;5-3(6)1-4-2-10(7,8)9;1-4(2)3/h6-7H,2-5,8H2,1H3;6-8H,4-5,9-10H2,1-3H3;2-5,7,10H,6H2,1H3;4H,1-2H2,(H,5,6)(H2,7,8,9);1-3H3/q;;;;+1/p-1. The van der Waals surface area contributed by atoms with E-state index >= 15 is 0 Å². The van der Waals surface area contributed by atoms with Crippen molar-refractivity contribution in [2.24, 2.45) is 4.99 Å². The Hall–Kier alpha value is -3.64. The predicted molar refractivity (Wildman–Crippen MR) is 290 cm³/mol. The van der Waals surface area contributed by atoms with E-state index in [-0.39, 0.29) is 51.8 Å². The van der Waals surface area contributed by atoms with Gasteiger partial charge in [-0.25, -0.2) is 14.1 Å². The molecule has 1 aromatic heterocycles. The fraction of sp³-hybridized carbons (Fsp3) is 0.478. The predicted octanol–water partition coefficient (Wildman–Crippen LogP) is 7.18. The fourth-order valence-electron chi connectivity index (χ4n) is 6.38. The average molecular weight is 1180 g/mol. The molecule has 2 aliphatic rings. The Morgan fingerprint density at radius 1 is 1.10 bits per heavy atom. The normalized spacial score (nSPS) is 14.5. The number of aromatic nitrogens is 2. The van der Waals surface area contributed by atoms with Crippen molar-refractivity contribution >= 4 is 129 Å². The van der Waals surface area contributed by atoms with Crippen molar-refractivity contribution < 1.29 is 57.2 Å². The van der Waals surface area contributed by atoms with Crippen molar-refractivity contribution in [1.29, 1.82) is 0 Å². The highest BCUT2D eigenvalue weighted by Crippen LogP contribution is 2.35. The zero-order chi connectivity index (χ0) is 55.0. The summed E-state index contributed by atoms with van der Waals surface area (Å²) < 4.78 is 43.1. The third-order valence-electron chi connectivity index (χ3n) is 9.55. The van der Waals surface area contributed by atoms with Crippen LogP contribution in [0.2, 0.25) is 5.02 Å². The molecule has 3 heterocycles. The number of carbonyl (C=O) groups is 4. The summed E-state index contributed by atoms with van der Waals surface area (Å²) >= 11 is 25.1. The van der Waals surface area contributed by atoms with Crippen LogP contribution in [-0.4, -0.2) is 124 Å². The van der Waals surface area contributed by atoms with Crippen molar-refractivity contribution in [3.63, 3.8) is 0 Å². The number of amides is 2. The van der Waals surface area contributed by atoms with Gasteiger partial charge < -0.3 is 38.6 Å². The van der Waals surface area contributed by atoms with Crippen molar-refractivity contribution in [1.82, 2.24) is 14.7 Å². The Morgan fingerprint density at radius 3 is 2.32 bits per heavy atom. The number of fused-ring (bicyclic) bond motifs is 2. The molecule has 0 aliphatic carbocycles. The molecule has 27 heteroatoms. The third-order valence-corrected chi connectivity index (χ3v) is 13.1. The number of thioether (sulfide) groups is 1. The molecule has 2 unspecified atom stereocenters. The maximum atomic E-state index is 14.3. The number of aryl methyl sites for hydroxylation is 2. The molecule has 0 spiro atoms. The zero-order valence-corrected chi connectivity index (χ0v) is 48.0. The van der Waals surface area contributed by atoms with E-state index < -0.39 is 43.0 Å². The summed E-state index contributed by atoms with van der Waals surface area (Å²) in [5.74, 6) is -1.89. The average Bonchev–Trinajstić information content (AvgIpc) is 3.65. The first-order valence-electron chi connectivity index (χ1n) is 22.2. The SMILES string of the molecule is CC1COc2ccccc2N1C(=O)C(Cl)Cl.CCOCN(C(=O)CCl)c1c(C)cccc1CC.COC(=O)CSc1cc(N=c2sc(=O)n3n2CCCC3)c(F)cc1Cl.C[S+](C)C.O=C(O)CNCP(=O)([O-])O. The summed E-state index contributed by atoms with van der Waals surface area (Å²) in [4.78, 5) is 82.3. The van der Waals surface area contributed by atoms with Gasteiger partial charge in [0.05, 0.1) is 66.9 Å². The van der Waals surface area contributed by atoms with Crippen molar-refractivity contribution in [2.75, 3.05) is 80.1 Å². The number of rotatable bonds is 15. The second-order valence-corrected chi connectivity index (χ2v) is 23.6. The summed E-state index contributed by atoms with van der Waals surface area (Å²) in [6.07, 6.45) is 8.64. The number of alkyl halides is 3. The first-order chi connectivity index (χ1) is 34.4. The van der Waals surface area contributed by atoms with Gasteiger partial charge in [0.25, 0.3) is 5.91 Å². The lowest BCUT2D eigenvalue weighted by atomic mass is 10.0. The summed E-state index contributed by atoms with van der Waals surface area (Å²) in [6, 6.07) is 15.9. The topological polar surface area (TPSA) is 234 Å². The van der Waals surface area contributed by atoms with E-state index in [2.05, 4.69) is 35.4 Å². The van der Waals surface area contributed by atoms with E-state index in [1.165, 1.54) is 13.2 Å². The van der Waals surface area contributed by atoms with Crippen LogP contribution in [0.4, 0.5) is 21.5 Å². The first kappa shape index (κ1) is 65.5. The van der Waals surface area contributed by atoms with Gasteiger partial charge in [-0.3, -0.25) is 38.9 Å². The number of nitrogens with one attached hydrogen (secondary N) is 1. The molecule has 0 saturated carbocycles. The van der Waals surface area contributed by atoms with E-state index in [1.54, 1.807) is 19.2 Å². The minimum Gasteiger partial charge on any atom is -0.778 e. The maximum absolute atomic E-state index is 14.3. The molecule has 3 aromatic carbocycles. The number of nitrogens with zero attached hydrogens (tertiary/aromatic N) is 5. The molecule has 0 fully saturated rings. The lowest BCUT2D eigenvalue weighted by molar-refractivity contribution is -0.193. The number of aliphatic carboxylic acids is 1. The molecule has 0 saturated heterocycles. The molecule has 18 nitrogen and oxygen atoms in total. The van der Waals surface area contributed by atoms with Crippen LogP contribution < -0.4 is 34.4 Å². The molecule has 0 bridgehead atoms. The lowest BCUT2D eigenvalue weighted by Crippen LogP contribution is -2.47. The summed E-state index contributed by atoms with van der Waals surface area (Å²) in [7, 11) is -2.41. The number of ether oxygens (including phenoxy) is 3. The number of carboxylic acids is 1. The second kappa shape index (κ2) is 33.4. The molecule has 406 valence electrons. The minimum absolute atomic E-state index is 0.0371. The Kier molecular flexibility index (Phi) is 30.0. The van der Waals surface area contributed by atoms with Gasteiger partial charge >= 0.3 is 16.8 Å². The minimum atomic E-state index is -4.35. The molecule has 6 rings (SSSR count). The van der Waals surface area contributed by atoms with Gasteiger partial charge in [-0.1, -0.05) is 72.1 Å². The summed E-state index contributed by atoms with van der Waals surface area (Å²) in [5, 5.41) is 10.2. The Bertz CT molecular complexity index is 2620. The van der Waals surface area contributed by atoms with Crippen LogP contribution in [0, 0.1) is 12.7 Å². The van der Waals surface area contributed by atoms with Gasteiger partial charge in [-0.15, -0.1) is 23.4 Å². The van der Waals surface area contributed by atoms with Gasteiger partial charge in [0.15, 0.2) is 4.84 Å². The number of carboxylic acid groups (broad SMARTS) is 1. The highest BCUT2D eigenvalue weighted by atomic mass is 35.5. The number of hydrogen-bond donors (Lipinski definition) is 3. The Labute approximate surface area is 455 Å². The second-order valence-electron chi connectivity index (χ2n) is 15.8. The molecule has 4 aromatic rings. The molecule has 73 heavy (non-hydrogen) atoms. The van der Waals surface area contributed by atoms with E-state index in [0.717, 1.165) is 70.9 Å². The van der Waals surface area contributed by atoms with Crippen molar-refractivity contribution in [3.8, 4) is 5.75 Å². The van der Waals surface area contributed by atoms with Gasteiger partial charge in [-0.2, -0.15) is 0 Å². The number of methoxy groups -OCH3 is 1. The van der Waals surface area contributed by atoms with E-state index in [9.17, 15) is 37.8 Å². The summed E-state index contributed by atoms with van der Waals surface area (Å²) in [5.41, 5.74) is 3.93. The number of esters is 1. The largest absolute Gasteiger partial charge is 0.778 e. The molecule has 0 radical (unpaired) electrons. The van der Waals surface area contributed by atoms with Crippen LogP contribution in [0.5, 0.6) is 5.75 Å². The van der Waals surface area contributed by atoms with Crippen LogP contribution in [-0.2, 0) is 63.6 Å². The highest BCUT2D eigenvalue weighted by molar-refractivity contribution is 8.00. The van der Waals surface area contributed by atoms with Crippen LogP contribution in [0.3, 0.4) is 0 Å². The van der Waals surface area contributed by atoms with Crippen molar-refractivity contribution in [2.45, 2.75) is 75.8 Å². The van der Waals surface area contributed by atoms with Gasteiger partial charge in [0.1, 0.15) is 44.1 Å². The first-order valence-corrected chi connectivity index (χ1v) is 30.0. The number of carbonyl (C=O) groups excluding carboxylic acids is 3. The molecule has 2 atom stereocenters. The van der Waals surface area contributed by atoms with Crippen LogP contribution in [0.1, 0.15) is 44.7 Å². The molecular weight excluding hydrogens is 1120 g/mol. The fourth-order valence-corrected chi connectivity index (χ4v) is 9.12. The van der Waals surface area contributed by atoms with E-state index in [4.69, 9.17) is 65.9 Å². The van der Waals surface area contributed by atoms with Crippen LogP contribution in [0.15, 0.2) is 69.3 Å². The quantitative estimate of drug-likeness (QED) is 0.0267. The molecular formula is C46H62Cl4FN6O12PS3. The molecule has 2 aliphatic heterocycles. The maximum Gasteiger partial charge on any atom is 0.325 e. The Balaban J connectivity index is 0.000000339. The third kappa shape index (κ3) is 22.6. The monoisotopic (exact) mass is 1180 g/mol. The van der Waals surface area contributed by atoms with Crippen LogP contribution >= 0.6 is 77.1 Å². The number of anilines is 2. The number of hydrogen-bond acceptors (Lipinski definition) is 14. The number of halogens is 5. The lowest BCUT2D eigenvalue weighted by Gasteiger charge is -2.35. The van der Waals surface area contributed by atoms with E-state index in [1.807, 2.05) is 68.6 Å². The number of benzene rings is 3. The molecule has 3 N–H and O–H groups in total.